The summed E-state index contributed by atoms with van der Waals surface area (Å²) in [5.41, 5.74) is -0.201. The molecular formula is C11H14O4S. The largest absolute Gasteiger partial charge is 0.496 e. The fourth-order valence-corrected chi connectivity index (χ4v) is 1.62. The monoisotopic (exact) mass is 242 g/mol. The van der Waals surface area contributed by atoms with Crippen molar-refractivity contribution in [2.75, 3.05) is 7.11 Å². The molecule has 1 rings (SSSR count). The Morgan fingerprint density at radius 2 is 2.25 bits per heavy atom. The van der Waals surface area contributed by atoms with Crippen LogP contribution in [0.5, 0.6) is 5.75 Å². The summed E-state index contributed by atoms with van der Waals surface area (Å²) in [6, 6.07) is 1.17. The topological polar surface area (TPSA) is 56.5 Å². The van der Waals surface area contributed by atoms with Crippen molar-refractivity contribution in [2.45, 2.75) is 25.5 Å². The molecule has 0 aliphatic carbocycles. The van der Waals surface area contributed by atoms with Crippen molar-refractivity contribution >= 4 is 18.4 Å². The van der Waals surface area contributed by atoms with Gasteiger partial charge in [0.1, 0.15) is 11.5 Å². The molecule has 0 bridgehead atoms. The molecule has 0 aliphatic heterocycles. The predicted octanol–water partition coefficient (Wildman–Crippen LogP) is 1.85. The Labute approximate surface area is 99.0 Å². The van der Waals surface area contributed by atoms with Gasteiger partial charge < -0.3 is 9.15 Å². The molecule has 0 aliphatic rings. The van der Waals surface area contributed by atoms with E-state index in [-0.39, 0.29) is 29.0 Å². The highest BCUT2D eigenvalue weighted by atomic mass is 32.1. The third kappa shape index (κ3) is 2.88. The lowest BCUT2D eigenvalue weighted by atomic mass is 10.1. The van der Waals surface area contributed by atoms with Crippen LogP contribution in [-0.4, -0.2) is 18.1 Å². The highest BCUT2D eigenvalue weighted by molar-refractivity contribution is 7.80. The van der Waals surface area contributed by atoms with Gasteiger partial charge in [-0.1, -0.05) is 6.92 Å². The molecule has 0 saturated heterocycles. The minimum Gasteiger partial charge on any atom is -0.496 e. The van der Waals surface area contributed by atoms with Crippen LogP contribution in [0, 0.1) is 6.92 Å². The molecule has 0 saturated carbocycles. The maximum Gasteiger partial charge on any atom is 0.339 e. The molecule has 5 heteroatoms. The normalized spacial score (nSPS) is 12.2. The van der Waals surface area contributed by atoms with E-state index in [1.807, 2.05) is 6.92 Å². The van der Waals surface area contributed by atoms with E-state index in [9.17, 15) is 9.59 Å². The van der Waals surface area contributed by atoms with Crippen LogP contribution in [0.2, 0.25) is 0 Å². The van der Waals surface area contributed by atoms with Crippen LogP contribution in [0.15, 0.2) is 15.3 Å². The Bertz CT molecular complexity index is 448. The minimum atomic E-state index is -0.523. The van der Waals surface area contributed by atoms with Crippen molar-refractivity contribution in [1.82, 2.24) is 0 Å². The Hall–Kier alpha value is -1.23. The molecule has 0 radical (unpaired) electrons. The van der Waals surface area contributed by atoms with Crippen LogP contribution < -0.4 is 10.4 Å². The zero-order valence-corrected chi connectivity index (χ0v) is 10.3. The lowest BCUT2D eigenvalue weighted by molar-refractivity contribution is 0.0977. The van der Waals surface area contributed by atoms with Crippen LogP contribution >= 0.6 is 12.6 Å². The first-order valence-corrected chi connectivity index (χ1v) is 5.37. The van der Waals surface area contributed by atoms with Crippen LogP contribution in [0.4, 0.5) is 0 Å². The molecule has 1 atom stereocenters. The molecule has 88 valence electrons. The van der Waals surface area contributed by atoms with E-state index < -0.39 is 5.63 Å². The van der Waals surface area contributed by atoms with Crippen molar-refractivity contribution in [3.05, 3.63) is 27.8 Å². The van der Waals surface area contributed by atoms with Crippen LogP contribution in [0.1, 0.15) is 29.5 Å². The number of rotatable bonds is 4. The molecule has 4 nitrogen and oxygen atoms in total. The third-order valence-electron chi connectivity index (χ3n) is 2.08. The lowest BCUT2D eigenvalue weighted by Gasteiger charge is -2.09. The van der Waals surface area contributed by atoms with Gasteiger partial charge in [-0.15, -0.1) is 0 Å². The van der Waals surface area contributed by atoms with Gasteiger partial charge in [0.15, 0.2) is 5.78 Å². The molecule has 0 amide bonds. The molecule has 16 heavy (non-hydrogen) atoms. The van der Waals surface area contributed by atoms with Gasteiger partial charge in [0.25, 0.3) is 0 Å². The average molecular weight is 242 g/mol. The second-order valence-electron chi connectivity index (χ2n) is 3.54. The maximum atomic E-state index is 11.9. The number of carbonyl (C=O) groups excluding carboxylic acids is 1. The number of methoxy groups -OCH3 is 1. The number of hydrogen-bond donors (Lipinski definition) is 1. The SMILES string of the molecule is COc1cc(=O)oc(C)c1C(=O)CC(C)S. The molecule has 0 fully saturated rings. The Morgan fingerprint density at radius 3 is 2.75 bits per heavy atom. The third-order valence-corrected chi connectivity index (χ3v) is 2.26. The summed E-state index contributed by atoms with van der Waals surface area (Å²) in [5.74, 6) is 0.400. The fourth-order valence-electron chi connectivity index (χ4n) is 1.45. The molecular weight excluding hydrogens is 228 g/mol. The van der Waals surface area contributed by atoms with Crippen LogP contribution in [0.25, 0.3) is 0 Å². The van der Waals surface area contributed by atoms with Crippen LogP contribution in [-0.2, 0) is 0 Å². The first kappa shape index (κ1) is 12.8. The second kappa shape index (κ2) is 5.21. The van der Waals surface area contributed by atoms with E-state index in [2.05, 4.69) is 12.6 Å². The van der Waals surface area contributed by atoms with Gasteiger partial charge in [-0.3, -0.25) is 4.79 Å². The smallest absolute Gasteiger partial charge is 0.339 e. The minimum absolute atomic E-state index is 0.0523. The van der Waals surface area contributed by atoms with Crippen molar-refractivity contribution in [3.63, 3.8) is 0 Å². The Morgan fingerprint density at radius 1 is 1.62 bits per heavy atom. The first-order valence-electron chi connectivity index (χ1n) is 4.85. The molecule has 1 aromatic heterocycles. The molecule has 0 spiro atoms. The van der Waals surface area contributed by atoms with E-state index in [0.717, 1.165) is 0 Å². The second-order valence-corrected chi connectivity index (χ2v) is 4.42. The summed E-state index contributed by atoms with van der Waals surface area (Å²) in [7, 11) is 1.41. The van der Waals surface area contributed by atoms with Gasteiger partial charge in [-0.2, -0.15) is 12.6 Å². The molecule has 1 heterocycles. The van der Waals surface area contributed by atoms with E-state index in [1.54, 1.807) is 6.92 Å². The van der Waals surface area contributed by atoms with Gasteiger partial charge in [0, 0.05) is 11.7 Å². The fraction of sp³-hybridized carbons (Fsp3) is 0.455. The highest BCUT2D eigenvalue weighted by Gasteiger charge is 2.19. The van der Waals surface area contributed by atoms with Crippen molar-refractivity contribution in [2.24, 2.45) is 0 Å². The average Bonchev–Trinajstić information content (AvgIpc) is 2.14. The van der Waals surface area contributed by atoms with E-state index in [0.29, 0.717) is 5.56 Å². The van der Waals surface area contributed by atoms with E-state index >= 15 is 0 Å². The molecule has 1 unspecified atom stereocenters. The van der Waals surface area contributed by atoms with Gasteiger partial charge in [0.05, 0.1) is 18.7 Å². The quantitative estimate of drug-likeness (QED) is 0.646. The zero-order chi connectivity index (χ0) is 12.3. The molecule has 0 N–H and O–H groups in total. The van der Waals surface area contributed by atoms with Crippen molar-refractivity contribution in [3.8, 4) is 5.75 Å². The summed E-state index contributed by atoms with van der Waals surface area (Å²) in [5, 5.41) is -0.0523. The number of Topliss-reactive ketones (excluding diaryl/α,β-unsaturated/α-hetero) is 1. The highest BCUT2D eigenvalue weighted by Crippen LogP contribution is 2.22. The summed E-state index contributed by atoms with van der Waals surface area (Å²) < 4.78 is 9.88. The summed E-state index contributed by atoms with van der Waals surface area (Å²) in [6.45, 7) is 3.39. The molecule has 0 aromatic carbocycles. The number of carbonyl (C=O) groups is 1. The Kier molecular flexibility index (Phi) is 4.18. The first-order chi connectivity index (χ1) is 7.45. The maximum absolute atomic E-state index is 11.9. The van der Waals surface area contributed by atoms with Gasteiger partial charge >= 0.3 is 5.63 Å². The van der Waals surface area contributed by atoms with E-state index in [1.165, 1.54) is 13.2 Å². The van der Waals surface area contributed by atoms with Crippen LogP contribution in [0.3, 0.4) is 0 Å². The van der Waals surface area contributed by atoms with Gasteiger partial charge in [0.2, 0.25) is 0 Å². The number of thiol groups is 1. The van der Waals surface area contributed by atoms with Gasteiger partial charge in [-0.25, -0.2) is 4.79 Å². The molecule has 1 aromatic rings. The number of ether oxygens (including phenoxy) is 1. The summed E-state index contributed by atoms with van der Waals surface area (Å²) in [6.07, 6.45) is 0.272. The zero-order valence-electron chi connectivity index (χ0n) is 9.44. The van der Waals surface area contributed by atoms with Crippen molar-refractivity contribution in [1.29, 1.82) is 0 Å². The number of ketones is 1. The lowest BCUT2D eigenvalue weighted by Crippen LogP contribution is -2.12. The summed E-state index contributed by atoms with van der Waals surface area (Å²) >= 11 is 4.15. The number of hydrogen-bond acceptors (Lipinski definition) is 5. The van der Waals surface area contributed by atoms with Crippen molar-refractivity contribution < 1.29 is 13.9 Å². The standard InChI is InChI=1S/C11H14O4S/c1-6(16)4-8(12)11-7(2)15-10(13)5-9(11)14-3/h5-6,16H,4H2,1-3H3. The van der Waals surface area contributed by atoms with Gasteiger partial charge in [-0.05, 0) is 6.92 Å². The summed E-state index contributed by atoms with van der Waals surface area (Å²) in [4.78, 5) is 23.0. The Balaban J connectivity index is 3.21. The number of aryl methyl sites for hydroxylation is 1. The van der Waals surface area contributed by atoms with E-state index in [4.69, 9.17) is 9.15 Å². The predicted molar refractivity (Wildman–Crippen MR) is 63.7 cm³/mol.